The molecule has 0 saturated heterocycles. The maximum Gasteiger partial charge on any atom is 0.126 e. The molecule has 3 rings (SSSR count). The number of aryl methyl sites for hydroxylation is 2. The topological polar surface area (TPSA) is 0 Å². The monoisotopic (exact) mass is 462 g/mol. The van der Waals surface area contributed by atoms with Gasteiger partial charge in [-0.15, -0.1) is 0 Å². The van der Waals surface area contributed by atoms with E-state index in [1.165, 1.54) is 76.2 Å². The Labute approximate surface area is 186 Å². The highest BCUT2D eigenvalue weighted by Crippen LogP contribution is 2.42. The van der Waals surface area contributed by atoms with Crippen LogP contribution in [-0.2, 0) is 12.8 Å². The molecule has 1 aromatic rings. The van der Waals surface area contributed by atoms with Crippen molar-refractivity contribution in [3.8, 4) is 0 Å². The third-order valence-corrected chi connectivity index (χ3v) is 8.03. The second-order valence-corrected chi connectivity index (χ2v) is 10.2. The van der Waals surface area contributed by atoms with Gasteiger partial charge in [-0.2, -0.15) is 0 Å². The maximum atomic E-state index is 14.4. The van der Waals surface area contributed by atoms with E-state index >= 15 is 0 Å². The minimum atomic E-state index is 0.0210. The van der Waals surface area contributed by atoms with Crippen LogP contribution in [0.15, 0.2) is 29.3 Å². The Morgan fingerprint density at radius 3 is 2.24 bits per heavy atom. The summed E-state index contributed by atoms with van der Waals surface area (Å²) < 4.78 is 14.4. The van der Waals surface area contributed by atoms with Crippen molar-refractivity contribution in [2.45, 2.75) is 96.8 Å². The zero-order valence-corrected chi connectivity index (χ0v) is 19.9. The quantitative estimate of drug-likeness (QED) is 0.321. The number of rotatable bonds is 9. The van der Waals surface area contributed by atoms with Crippen LogP contribution in [0.2, 0.25) is 0 Å². The Morgan fingerprint density at radius 1 is 0.931 bits per heavy atom. The van der Waals surface area contributed by atoms with Gasteiger partial charge in [-0.25, -0.2) is 4.39 Å². The first kappa shape index (κ1) is 23.0. The van der Waals surface area contributed by atoms with Crippen molar-refractivity contribution in [1.82, 2.24) is 0 Å². The van der Waals surface area contributed by atoms with Crippen LogP contribution < -0.4 is 0 Å². The predicted molar refractivity (Wildman–Crippen MR) is 127 cm³/mol. The number of benzene rings is 1. The van der Waals surface area contributed by atoms with Crippen molar-refractivity contribution in [3.05, 3.63) is 46.2 Å². The molecule has 2 saturated carbocycles. The molecule has 0 bridgehead atoms. The van der Waals surface area contributed by atoms with Gasteiger partial charge in [0.25, 0.3) is 0 Å². The minimum Gasteiger partial charge on any atom is -0.207 e. The fraction of sp³-hybridized carbons (Fsp3) is 0.704. The Morgan fingerprint density at radius 2 is 1.62 bits per heavy atom. The molecule has 2 heteroatoms. The van der Waals surface area contributed by atoms with Crippen LogP contribution in [-0.4, -0.2) is 0 Å². The van der Waals surface area contributed by atoms with Gasteiger partial charge in [0.05, 0.1) is 0 Å². The summed E-state index contributed by atoms with van der Waals surface area (Å²) >= 11 is 3.43. The van der Waals surface area contributed by atoms with Crippen LogP contribution in [0.25, 0.3) is 0 Å². The van der Waals surface area contributed by atoms with Crippen LogP contribution in [0.3, 0.4) is 0 Å². The summed E-state index contributed by atoms with van der Waals surface area (Å²) in [6, 6.07) is 6.03. The normalized spacial score (nSPS) is 28.1. The highest BCUT2D eigenvalue weighted by atomic mass is 79.9. The van der Waals surface area contributed by atoms with Crippen LogP contribution in [0.5, 0.6) is 0 Å². The average molecular weight is 464 g/mol. The third-order valence-electron chi connectivity index (χ3n) is 7.73. The SMILES string of the molecule is CCCCCc1ccc(CCC2CCC(C3CCC(C=CBr)CC3)CC2)cc1F. The molecule has 0 aliphatic heterocycles. The van der Waals surface area contributed by atoms with Gasteiger partial charge in [0.1, 0.15) is 5.82 Å². The van der Waals surface area contributed by atoms with Crippen LogP contribution in [0.4, 0.5) is 4.39 Å². The molecule has 29 heavy (non-hydrogen) atoms. The van der Waals surface area contributed by atoms with Crippen molar-refractivity contribution in [2.24, 2.45) is 23.7 Å². The van der Waals surface area contributed by atoms with Gasteiger partial charge in [0, 0.05) is 0 Å². The summed E-state index contributed by atoms with van der Waals surface area (Å²) in [6.45, 7) is 2.20. The molecule has 0 heterocycles. The van der Waals surface area contributed by atoms with Gasteiger partial charge in [0.15, 0.2) is 0 Å². The zero-order chi connectivity index (χ0) is 20.5. The molecule has 0 unspecified atom stereocenters. The largest absolute Gasteiger partial charge is 0.207 e. The Bertz CT molecular complexity index is 621. The summed E-state index contributed by atoms with van der Waals surface area (Å²) in [6.07, 6.45) is 20.3. The highest BCUT2D eigenvalue weighted by molar-refractivity contribution is 9.11. The molecule has 2 aliphatic rings. The molecular formula is C27H40BrF. The van der Waals surface area contributed by atoms with Gasteiger partial charge < -0.3 is 0 Å². The van der Waals surface area contributed by atoms with Gasteiger partial charge in [0.2, 0.25) is 0 Å². The molecule has 162 valence electrons. The fourth-order valence-electron chi connectivity index (χ4n) is 5.75. The molecule has 0 N–H and O–H groups in total. The predicted octanol–water partition coefficient (Wildman–Crippen LogP) is 9.01. The highest BCUT2D eigenvalue weighted by Gasteiger charge is 2.30. The molecule has 0 spiro atoms. The first-order chi connectivity index (χ1) is 14.2. The van der Waals surface area contributed by atoms with E-state index in [1.54, 1.807) is 0 Å². The van der Waals surface area contributed by atoms with E-state index in [2.05, 4.69) is 40.0 Å². The smallest absolute Gasteiger partial charge is 0.126 e. The fourth-order valence-corrected chi connectivity index (χ4v) is 6.18. The summed E-state index contributed by atoms with van der Waals surface area (Å²) in [5.41, 5.74) is 2.10. The van der Waals surface area contributed by atoms with Gasteiger partial charge in [-0.3, -0.25) is 0 Å². The molecule has 2 fully saturated rings. The lowest BCUT2D eigenvalue weighted by Crippen LogP contribution is -2.25. The summed E-state index contributed by atoms with van der Waals surface area (Å²) in [7, 11) is 0. The number of hydrogen-bond acceptors (Lipinski definition) is 0. The Balaban J connectivity index is 1.37. The van der Waals surface area contributed by atoms with E-state index in [9.17, 15) is 4.39 Å². The van der Waals surface area contributed by atoms with Gasteiger partial charge in [-0.05, 0) is 110 Å². The molecule has 0 radical (unpaired) electrons. The standard InChI is InChI=1S/C27H40BrF/c1-2-3-4-5-26-17-12-23(20-27(26)29)7-6-21-8-13-24(14-9-21)25-15-10-22(11-16-25)18-19-28/h12,17-22,24-25H,2-11,13-16H2,1H3. The molecular weight excluding hydrogens is 423 g/mol. The molecule has 0 aromatic heterocycles. The molecule has 0 atom stereocenters. The van der Waals surface area contributed by atoms with Crippen molar-refractivity contribution in [3.63, 3.8) is 0 Å². The van der Waals surface area contributed by atoms with Crippen molar-refractivity contribution in [1.29, 1.82) is 0 Å². The van der Waals surface area contributed by atoms with E-state index in [1.807, 2.05) is 12.1 Å². The zero-order valence-electron chi connectivity index (χ0n) is 18.4. The second-order valence-electron chi connectivity index (χ2n) is 9.70. The van der Waals surface area contributed by atoms with E-state index in [4.69, 9.17) is 0 Å². The Kier molecular flexibility index (Phi) is 9.76. The first-order valence-corrected chi connectivity index (χ1v) is 13.1. The first-order valence-electron chi connectivity index (χ1n) is 12.2. The molecule has 0 amide bonds. The van der Waals surface area contributed by atoms with Crippen LogP contribution in [0.1, 0.15) is 95.1 Å². The van der Waals surface area contributed by atoms with Crippen molar-refractivity contribution in [2.75, 3.05) is 0 Å². The number of unbranched alkanes of at least 4 members (excludes halogenated alkanes) is 2. The number of allylic oxidation sites excluding steroid dienone is 1. The van der Waals surface area contributed by atoms with E-state index in [0.717, 1.165) is 48.5 Å². The summed E-state index contributed by atoms with van der Waals surface area (Å²) in [4.78, 5) is 2.05. The van der Waals surface area contributed by atoms with E-state index in [0.29, 0.717) is 0 Å². The Hall–Kier alpha value is -0.630. The average Bonchev–Trinajstić information content (AvgIpc) is 2.75. The third kappa shape index (κ3) is 7.23. The summed E-state index contributed by atoms with van der Waals surface area (Å²) in [5, 5.41) is 0. The number of hydrogen-bond donors (Lipinski definition) is 0. The van der Waals surface area contributed by atoms with Crippen molar-refractivity contribution >= 4 is 15.9 Å². The van der Waals surface area contributed by atoms with Gasteiger partial charge in [-0.1, -0.05) is 66.7 Å². The molecule has 1 aromatic carbocycles. The van der Waals surface area contributed by atoms with Crippen molar-refractivity contribution < 1.29 is 4.39 Å². The lowest BCUT2D eigenvalue weighted by Gasteiger charge is -2.37. The maximum absolute atomic E-state index is 14.4. The minimum absolute atomic E-state index is 0.0210. The second kappa shape index (κ2) is 12.3. The van der Waals surface area contributed by atoms with E-state index < -0.39 is 0 Å². The molecule has 0 nitrogen and oxygen atoms in total. The van der Waals surface area contributed by atoms with E-state index in [-0.39, 0.29) is 5.82 Å². The lowest BCUT2D eigenvalue weighted by atomic mass is 9.68. The summed E-state index contributed by atoms with van der Waals surface area (Å²) in [5.74, 6) is 3.63. The van der Waals surface area contributed by atoms with Gasteiger partial charge >= 0.3 is 0 Å². The molecule has 2 aliphatic carbocycles. The van der Waals surface area contributed by atoms with Crippen LogP contribution in [0, 0.1) is 29.5 Å². The number of halogens is 2. The lowest BCUT2D eigenvalue weighted by molar-refractivity contribution is 0.153. The van der Waals surface area contributed by atoms with Crippen LogP contribution >= 0.6 is 15.9 Å².